The number of rotatable bonds is 9. The van der Waals surface area contributed by atoms with Gasteiger partial charge in [0.05, 0.1) is 12.2 Å². The van der Waals surface area contributed by atoms with E-state index in [2.05, 4.69) is 43.4 Å². The van der Waals surface area contributed by atoms with E-state index in [0.717, 1.165) is 36.8 Å². The Morgan fingerprint density at radius 1 is 0.757 bits per heavy atom. The highest BCUT2D eigenvalue weighted by molar-refractivity contribution is 5.30. The molecule has 0 aromatic heterocycles. The second kappa shape index (κ2) is 13.0. The molecule has 0 radical (unpaired) electrons. The predicted molar refractivity (Wildman–Crippen MR) is 145 cm³/mol. The lowest BCUT2D eigenvalue weighted by molar-refractivity contribution is -0.249. The molecule has 0 bridgehead atoms. The van der Waals surface area contributed by atoms with Crippen LogP contribution in [-0.4, -0.2) is 6.61 Å². The summed E-state index contributed by atoms with van der Waals surface area (Å²) >= 11 is 0. The highest BCUT2D eigenvalue weighted by Crippen LogP contribution is 2.39. The third kappa shape index (κ3) is 7.37. The third-order valence-corrected chi connectivity index (χ3v) is 8.38. The predicted octanol–water partition coefficient (Wildman–Crippen LogP) is 9.83. The van der Waals surface area contributed by atoms with Crippen molar-refractivity contribution in [1.82, 2.24) is 0 Å². The van der Waals surface area contributed by atoms with Gasteiger partial charge in [-0.1, -0.05) is 54.6 Å². The summed E-state index contributed by atoms with van der Waals surface area (Å²) in [6.07, 6.45) is 14.3. The summed E-state index contributed by atoms with van der Waals surface area (Å²) in [7, 11) is 0. The molecule has 0 unspecified atom stereocenters. The minimum atomic E-state index is -3.66. The second-order valence-electron chi connectivity index (χ2n) is 10.9. The average Bonchev–Trinajstić information content (AvgIpc) is 2.90. The van der Waals surface area contributed by atoms with Crippen molar-refractivity contribution in [3.8, 4) is 0 Å². The Morgan fingerprint density at radius 2 is 1.27 bits per heavy atom. The highest BCUT2D eigenvalue weighted by atomic mass is 19.3. The molecule has 37 heavy (non-hydrogen) atoms. The van der Waals surface area contributed by atoms with Gasteiger partial charge in [-0.2, -0.15) is 8.78 Å². The molecule has 4 heteroatoms. The molecule has 2 aromatic carbocycles. The van der Waals surface area contributed by atoms with Gasteiger partial charge >= 0.3 is 6.11 Å². The van der Waals surface area contributed by atoms with Crippen LogP contribution in [0.2, 0.25) is 0 Å². The fourth-order valence-corrected chi connectivity index (χ4v) is 6.19. The SMILES string of the molecule is C/C=C/[C@H]1CC[C@H](c2ccc(CCOC(F)(F)c3ccc([C@H]4CC[C@H](/C=C/C)CC4)cc3F)cc2)CC1. The summed E-state index contributed by atoms with van der Waals surface area (Å²) in [5, 5.41) is 0. The zero-order valence-electron chi connectivity index (χ0n) is 22.3. The van der Waals surface area contributed by atoms with Crippen LogP contribution in [0.5, 0.6) is 0 Å². The number of hydrogen-bond donors (Lipinski definition) is 0. The molecule has 0 N–H and O–H groups in total. The van der Waals surface area contributed by atoms with Crippen molar-refractivity contribution in [3.63, 3.8) is 0 Å². The zero-order valence-corrected chi connectivity index (χ0v) is 22.3. The summed E-state index contributed by atoms with van der Waals surface area (Å²) in [4.78, 5) is 0. The molecule has 0 amide bonds. The molecular weight excluding hydrogens is 469 g/mol. The molecule has 0 spiro atoms. The fraction of sp³-hybridized carbons (Fsp3) is 0.515. The van der Waals surface area contributed by atoms with Crippen molar-refractivity contribution < 1.29 is 17.9 Å². The maximum Gasteiger partial charge on any atom is 0.386 e. The number of ether oxygens (including phenoxy) is 1. The van der Waals surface area contributed by atoms with Crippen LogP contribution in [0.15, 0.2) is 66.8 Å². The standard InChI is InChI=1S/C33H41F3O/c1-3-5-24-7-13-27(14-8-24)28-15-11-26(12-16-28)21-22-37-33(35,36)31-20-19-30(23-32(31)34)29-17-9-25(6-4-2)10-18-29/h3-6,11-12,15-16,19-20,23-25,27,29H,7-10,13-14,17-18,21-22H2,1-2H3/b5-3+,6-4+/t24-,25-,27-,29-. The minimum Gasteiger partial charge on any atom is -0.316 e. The first-order valence-corrected chi connectivity index (χ1v) is 14.1. The van der Waals surface area contributed by atoms with E-state index < -0.39 is 17.5 Å². The summed E-state index contributed by atoms with van der Waals surface area (Å²) in [5.41, 5.74) is 2.41. The van der Waals surface area contributed by atoms with Crippen LogP contribution in [0.1, 0.15) is 99.3 Å². The molecule has 200 valence electrons. The van der Waals surface area contributed by atoms with Gasteiger partial charge in [0.2, 0.25) is 0 Å². The Hall–Kier alpha value is -2.33. The van der Waals surface area contributed by atoms with E-state index in [9.17, 15) is 13.2 Å². The maximum absolute atomic E-state index is 14.8. The monoisotopic (exact) mass is 510 g/mol. The largest absolute Gasteiger partial charge is 0.386 e. The molecule has 2 saturated carbocycles. The number of alkyl halides is 2. The lowest BCUT2D eigenvalue weighted by Crippen LogP contribution is -2.22. The van der Waals surface area contributed by atoms with Crippen LogP contribution in [-0.2, 0) is 17.3 Å². The Morgan fingerprint density at radius 3 is 1.78 bits per heavy atom. The van der Waals surface area contributed by atoms with E-state index >= 15 is 0 Å². The number of allylic oxidation sites excluding steroid dienone is 4. The molecule has 0 aliphatic heterocycles. The molecule has 2 aromatic rings. The molecule has 1 nitrogen and oxygen atoms in total. The fourth-order valence-electron chi connectivity index (χ4n) is 6.19. The van der Waals surface area contributed by atoms with E-state index in [0.29, 0.717) is 24.2 Å². The summed E-state index contributed by atoms with van der Waals surface area (Å²) in [6.45, 7) is 3.93. The van der Waals surface area contributed by atoms with Crippen LogP contribution in [0, 0.1) is 17.7 Å². The highest BCUT2D eigenvalue weighted by Gasteiger charge is 2.36. The number of benzene rings is 2. The van der Waals surface area contributed by atoms with Crippen molar-refractivity contribution >= 4 is 0 Å². The van der Waals surface area contributed by atoms with E-state index in [1.165, 1.54) is 43.4 Å². The van der Waals surface area contributed by atoms with Crippen molar-refractivity contribution in [2.24, 2.45) is 11.8 Å². The molecular formula is C33H41F3O. The number of halogens is 3. The molecule has 0 saturated heterocycles. The Bertz CT molecular complexity index is 1040. The molecule has 2 aliphatic rings. The first-order chi connectivity index (χ1) is 17.9. The topological polar surface area (TPSA) is 9.23 Å². The Kier molecular flexibility index (Phi) is 9.70. The lowest BCUT2D eigenvalue weighted by atomic mass is 9.78. The van der Waals surface area contributed by atoms with Crippen LogP contribution in [0.4, 0.5) is 13.2 Å². The summed E-state index contributed by atoms with van der Waals surface area (Å²) < 4.78 is 49.2. The Labute approximate surface area is 220 Å². The quantitative estimate of drug-likeness (QED) is 0.305. The second-order valence-corrected chi connectivity index (χ2v) is 10.9. The van der Waals surface area contributed by atoms with Gasteiger partial charge in [0.1, 0.15) is 5.82 Å². The maximum atomic E-state index is 14.8. The van der Waals surface area contributed by atoms with E-state index in [1.54, 1.807) is 6.07 Å². The van der Waals surface area contributed by atoms with E-state index in [1.807, 2.05) is 19.1 Å². The minimum absolute atomic E-state index is 0.170. The van der Waals surface area contributed by atoms with Crippen molar-refractivity contribution in [3.05, 3.63) is 94.8 Å². The van der Waals surface area contributed by atoms with Gasteiger partial charge in [0, 0.05) is 0 Å². The van der Waals surface area contributed by atoms with E-state index in [4.69, 9.17) is 4.74 Å². The van der Waals surface area contributed by atoms with Gasteiger partial charge in [-0.05, 0) is 124 Å². The van der Waals surface area contributed by atoms with E-state index in [-0.39, 0.29) is 12.5 Å². The first-order valence-electron chi connectivity index (χ1n) is 14.1. The molecule has 0 heterocycles. The van der Waals surface area contributed by atoms with Crippen LogP contribution in [0.3, 0.4) is 0 Å². The molecule has 4 rings (SSSR count). The Balaban J connectivity index is 1.27. The van der Waals surface area contributed by atoms with Crippen molar-refractivity contribution in [1.29, 1.82) is 0 Å². The number of hydrogen-bond acceptors (Lipinski definition) is 1. The lowest BCUT2D eigenvalue weighted by Gasteiger charge is -2.27. The van der Waals surface area contributed by atoms with Gasteiger partial charge in [0.15, 0.2) is 0 Å². The van der Waals surface area contributed by atoms with Gasteiger partial charge in [-0.25, -0.2) is 4.39 Å². The third-order valence-electron chi connectivity index (χ3n) is 8.38. The van der Waals surface area contributed by atoms with Gasteiger partial charge < -0.3 is 4.74 Å². The smallest absolute Gasteiger partial charge is 0.316 e. The summed E-state index contributed by atoms with van der Waals surface area (Å²) in [6, 6.07) is 12.4. The van der Waals surface area contributed by atoms with Crippen LogP contribution >= 0.6 is 0 Å². The molecule has 2 fully saturated rings. The van der Waals surface area contributed by atoms with Gasteiger partial charge in [-0.15, -0.1) is 0 Å². The summed E-state index contributed by atoms with van der Waals surface area (Å²) in [5.74, 6) is 1.19. The van der Waals surface area contributed by atoms with Crippen molar-refractivity contribution in [2.75, 3.05) is 6.61 Å². The van der Waals surface area contributed by atoms with Gasteiger partial charge in [-0.3, -0.25) is 0 Å². The van der Waals surface area contributed by atoms with Crippen LogP contribution < -0.4 is 0 Å². The van der Waals surface area contributed by atoms with Crippen molar-refractivity contribution in [2.45, 2.75) is 89.6 Å². The zero-order chi connectivity index (χ0) is 26.3. The molecule has 0 atom stereocenters. The van der Waals surface area contributed by atoms with Gasteiger partial charge in [0.25, 0.3) is 0 Å². The van der Waals surface area contributed by atoms with Crippen LogP contribution in [0.25, 0.3) is 0 Å². The normalized spacial score (nSPS) is 25.2. The average molecular weight is 511 g/mol. The molecule has 2 aliphatic carbocycles. The first kappa shape index (κ1) is 27.7.